The van der Waals surface area contributed by atoms with E-state index in [0.717, 1.165) is 6.42 Å². The monoisotopic (exact) mass is 222 g/mol. The maximum Gasteiger partial charge on any atom is 0.260 e. The van der Waals surface area contributed by atoms with E-state index in [0.29, 0.717) is 13.0 Å². The molecule has 0 saturated heterocycles. The molecule has 0 unspecified atom stereocenters. The maximum atomic E-state index is 11.4. The van der Waals surface area contributed by atoms with E-state index in [4.69, 9.17) is 10.6 Å². The van der Waals surface area contributed by atoms with Crippen LogP contribution in [0.3, 0.4) is 0 Å². The van der Waals surface area contributed by atoms with Gasteiger partial charge in [0.25, 0.3) is 5.91 Å². The van der Waals surface area contributed by atoms with Gasteiger partial charge in [-0.05, 0) is 25.3 Å². The van der Waals surface area contributed by atoms with Crippen molar-refractivity contribution in [1.82, 2.24) is 5.48 Å². The fourth-order valence-corrected chi connectivity index (χ4v) is 1.32. The number of hydroxylamine groups is 1. The number of carbonyl (C=O) groups excluding carboxylic acids is 1. The summed E-state index contributed by atoms with van der Waals surface area (Å²) in [5, 5.41) is 0. The number of carbonyl (C=O) groups is 1. The predicted octanol–water partition coefficient (Wildman–Crippen LogP) is 1.01. The Morgan fingerprint density at radius 3 is 2.75 bits per heavy atom. The van der Waals surface area contributed by atoms with E-state index in [9.17, 15) is 4.79 Å². The third-order valence-corrected chi connectivity index (χ3v) is 2.24. The second kappa shape index (κ2) is 6.98. The Labute approximate surface area is 95.7 Å². The van der Waals surface area contributed by atoms with Crippen LogP contribution in [0.2, 0.25) is 0 Å². The Balaban J connectivity index is 2.29. The number of nitrogens with one attached hydrogen (secondary N) is 1. The summed E-state index contributed by atoms with van der Waals surface area (Å²) < 4.78 is 0. The van der Waals surface area contributed by atoms with E-state index < -0.39 is 6.04 Å². The molecule has 4 nitrogen and oxygen atoms in total. The summed E-state index contributed by atoms with van der Waals surface area (Å²) in [6, 6.07) is 9.43. The molecule has 0 fully saturated rings. The van der Waals surface area contributed by atoms with Gasteiger partial charge < -0.3 is 5.73 Å². The summed E-state index contributed by atoms with van der Waals surface area (Å²) in [5.74, 6) is -0.266. The zero-order valence-electron chi connectivity index (χ0n) is 9.48. The zero-order valence-corrected chi connectivity index (χ0v) is 9.48. The van der Waals surface area contributed by atoms with E-state index in [1.807, 2.05) is 30.3 Å². The van der Waals surface area contributed by atoms with Crippen LogP contribution >= 0.6 is 0 Å². The van der Waals surface area contributed by atoms with Crippen molar-refractivity contribution in [2.75, 3.05) is 6.61 Å². The number of hydrogen-bond donors (Lipinski definition) is 2. The van der Waals surface area contributed by atoms with Gasteiger partial charge in [0.2, 0.25) is 0 Å². The van der Waals surface area contributed by atoms with E-state index in [1.165, 1.54) is 5.56 Å². The van der Waals surface area contributed by atoms with Crippen molar-refractivity contribution >= 4 is 5.91 Å². The van der Waals surface area contributed by atoms with Crippen molar-refractivity contribution in [1.29, 1.82) is 0 Å². The largest absolute Gasteiger partial charge is 0.320 e. The SMILES string of the molecule is CCONC(=O)[C@@H](N)CCc1ccccc1. The number of aryl methyl sites for hydroxylation is 1. The molecular formula is C12H18N2O2. The number of nitrogens with two attached hydrogens (primary N) is 1. The molecule has 3 N–H and O–H groups in total. The molecule has 1 rings (SSSR count). The summed E-state index contributed by atoms with van der Waals surface area (Å²) in [4.78, 5) is 16.2. The number of benzene rings is 1. The summed E-state index contributed by atoms with van der Waals surface area (Å²) in [6.45, 7) is 2.24. The minimum absolute atomic E-state index is 0.266. The lowest BCUT2D eigenvalue weighted by atomic mass is 10.1. The van der Waals surface area contributed by atoms with E-state index in [2.05, 4.69) is 5.48 Å². The molecule has 1 aromatic carbocycles. The molecule has 0 bridgehead atoms. The van der Waals surface area contributed by atoms with Crippen LogP contribution in [0.1, 0.15) is 18.9 Å². The first-order valence-corrected chi connectivity index (χ1v) is 5.45. The smallest absolute Gasteiger partial charge is 0.260 e. The van der Waals surface area contributed by atoms with Crippen molar-refractivity contribution in [2.24, 2.45) is 5.73 Å². The Morgan fingerprint density at radius 2 is 2.12 bits per heavy atom. The van der Waals surface area contributed by atoms with Crippen molar-refractivity contribution in [3.63, 3.8) is 0 Å². The molecule has 1 aromatic rings. The first-order valence-electron chi connectivity index (χ1n) is 5.45. The highest BCUT2D eigenvalue weighted by molar-refractivity contribution is 5.80. The zero-order chi connectivity index (χ0) is 11.8. The van der Waals surface area contributed by atoms with Gasteiger partial charge in [-0.1, -0.05) is 30.3 Å². The molecule has 0 aliphatic heterocycles. The quantitative estimate of drug-likeness (QED) is 0.706. The molecule has 0 spiro atoms. The second-order valence-corrected chi connectivity index (χ2v) is 3.53. The lowest BCUT2D eigenvalue weighted by Crippen LogP contribution is -2.40. The minimum Gasteiger partial charge on any atom is -0.320 e. The number of amides is 1. The van der Waals surface area contributed by atoms with Gasteiger partial charge in [0.1, 0.15) is 0 Å². The molecule has 1 amide bonds. The summed E-state index contributed by atoms with van der Waals surface area (Å²) in [6.07, 6.45) is 1.41. The van der Waals surface area contributed by atoms with E-state index in [-0.39, 0.29) is 5.91 Å². The molecule has 0 radical (unpaired) electrons. The Bertz CT molecular complexity index is 314. The maximum absolute atomic E-state index is 11.4. The first-order chi connectivity index (χ1) is 7.74. The minimum atomic E-state index is -0.522. The molecule has 0 aliphatic carbocycles. The van der Waals surface area contributed by atoms with Crippen molar-refractivity contribution in [3.05, 3.63) is 35.9 Å². The topological polar surface area (TPSA) is 64.3 Å². The van der Waals surface area contributed by atoms with Crippen LogP contribution in [0, 0.1) is 0 Å². The van der Waals surface area contributed by atoms with Gasteiger partial charge >= 0.3 is 0 Å². The Morgan fingerprint density at radius 1 is 1.44 bits per heavy atom. The third kappa shape index (κ3) is 4.42. The van der Waals surface area contributed by atoms with Gasteiger partial charge in [-0.25, -0.2) is 5.48 Å². The van der Waals surface area contributed by atoms with Gasteiger partial charge in [0.15, 0.2) is 0 Å². The van der Waals surface area contributed by atoms with Crippen LogP contribution in [-0.4, -0.2) is 18.6 Å². The van der Waals surface area contributed by atoms with Gasteiger partial charge in [-0.2, -0.15) is 0 Å². The molecule has 0 aromatic heterocycles. The van der Waals surface area contributed by atoms with Gasteiger partial charge in [-0.15, -0.1) is 0 Å². The average Bonchev–Trinajstić information content (AvgIpc) is 2.34. The van der Waals surface area contributed by atoms with Gasteiger partial charge in [0.05, 0.1) is 12.6 Å². The van der Waals surface area contributed by atoms with Crippen LogP contribution in [-0.2, 0) is 16.1 Å². The lowest BCUT2D eigenvalue weighted by molar-refractivity contribution is -0.134. The van der Waals surface area contributed by atoms with E-state index >= 15 is 0 Å². The Kier molecular flexibility index (Phi) is 5.53. The normalized spacial score (nSPS) is 12.1. The Hall–Kier alpha value is -1.39. The molecule has 4 heteroatoms. The highest BCUT2D eigenvalue weighted by atomic mass is 16.6. The summed E-state index contributed by atoms with van der Waals surface area (Å²) in [5.41, 5.74) is 9.20. The van der Waals surface area contributed by atoms with Crippen LogP contribution < -0.4 is 11.2 Å². The van der Waals surface area contributed by atoms with Crippen LogP contribution in [0.25, 0.3) is 0 Å². The van der Waals surface area contributed by atoms with Crippen molar-refractivity contribution in [3.8, 4) is 0 Å². The molecule has 0 saturated carbocycles. The first kappa shape index (κ1) is 12.7. The predicted molar refractivity (Wildman–Crippen MR) is 62.5 cm³/mol. The fraction of sp³-hybridized carbons (Fsp3) is 0.417. The molecule has 88 valence electrons. The third-order valence-electron chi connectivity index (χ3n) is 2.24. The summed E-state index contributed by atoms with van der Waals surface area (Å²) >= 11 is 0. The van der Waals surface area contributed by atoms with Gasteiger partial charge in [0, 0.05) is 0 Å². The van der Waals surface area contributed by atoms with E-state index in [1.54, 1.807) is 6.92 Å². The molecule has 0 heterocycles. The fourth-order valence-electron chi connectivity index (χ4n) is 1.32. The summed E-state index contributed by atoms with van der Waals surface area (Å²) in [7, 11) is 0. The lowest BCUT2D eigenvalue weighted by Gasteiger charge is -2.11. The second-order valence-electron chi connectivity index (χ2n) is 3.53. The number of rotatable bonds is 6. The standard InChI is InChI=1S/C12H18N2O2/c1-2-16-14-12(15)11(13)9-8-10-6-4-3-5-7-10/h3-7,11H,2,8-9,13H2,1H3,(H,14,15)/t11-/m0/s1. The molecule has 0 aliphatic rings. The van der Waals surface area contributed by atoms with Crippen molar-refractivity contribution < 1.29 is 9.63 Å². The average molecular weight is 222 g/mol. The molecule has 16 heavy (non-hydrogen) atoms. The molecule has 1 atom stereocenters. The molecular weight excluding hydrogens is 204 g/mol. The van der Waals surface area contributed by atoms with Gasteiger partial charge in [-0.3, -0.25) is 9.63 Å². The van der Waals surface area contributed by atoms with Crippen molar-refractivity contribution in [2.45, 2.75) is 25.8 Å². The van der Waals surface area contributed by atoms with Crippen LogP contribution in [0.4, 0.5) is 0 Å². The van der Waals surface area contributed by atoms with Crippen LogP contribution in [0.15, 0.2) is 30.3 Å². The highest BCUT2D eigenvalue weighted by Gasteiger charge is 2.12. The highest BCUT2D eigenvalue weighted by Crippen LogP contribution is 2.03. The van der Waals surface area contributed by atoms with Crippen LogP contribution in [0.5, 0.6) is 0 Å². The number of hydrogen-bond acceptors (Lipinski definition) is 3.